The van der Waals surface area contributed by atoms with Crippen LogP contribution in [0.5, 0.6) is 0 Å². The van der Waals surface area contributed by atoms with E-state index >= 15 is 0 Å². The normalized spacial score (nSPS) is 15.6. The van der Waals surface area contributed by atoms with Crippen LogP contribution in [0.25, 0.3) is 0 Å². The number of amides is 3. The van der Waals surface area contributed by atoms with Crippen LogP contribution in [0.3, 0.4) is 0 Å². The minimum Gasteiger partial charge on any atom is -0.466 e. The summed E-state index contributed by atoms with van der Waals surface area (Å²) in [5.41, 5.74) is 1.60. The first-order valence-corrected chi connectivity index (χ1v) is 11.0. The zero-order valence-electron chi connectivity index (χ0n) is 19.1. The summed E-state index contributed by atoms with van der Waals surface area (Å²) in [7, 11) is 1.55. The Bertz CT molecular complexity index is 1020. The molecule has 2 aromatic rings. The van der Waals surface area contributed by atoms with Gasteiger partial charge < -0.3 is 24.3 Å². The van der Waals surface area contributed by atoms with Crippen LogP contribution < -0.4 is 5.32 Å². The largest absolute Gasteiger partial charge is 0.466 e. The molecule has 1 unspecified atom stereocenters. The van der Waals surface area contributed by atoms with E-state index in [0.29, 0.717) is 43.8 Å². The fourth-order valence-corrected chi connectivity index (χ4v) is 3.73. The van der Waals surface area contributed by atoms with Crippen LogP contribution in [0.15, 0.2) is 41.0 Å². The fraction of sp³-hybridized carbons (Fsp3) is 0.417. The van der Waals surface area contributed by atoms with Crippen LogP contribution in [0.4, 0.5) is 5.69 Å². The molecule has 9 heteroatoms. The van der Waals surface area contributed by atoms with Crippen LogP contribution in [0.1, 0.15) is 46.2 Å². The Morgan fingerprint density at radius 2 is 2.03 bits per heavy atom. The van der Waals surface area contributed by atoms with Crippen molar-refractivity contribution in [2.75, 3.05) is 38.6 Å². The number of anilines is 1. The number of piperidine rings is 1. The Labute approximate surface area is 192 Å². The third-order valence-electron chi connectivity index (χ3n) is 5.59. The number of hydrogen-bond donors (Lipinski definition) is 1. The standard InChI is InChI=1S/C24H29N3O6/c1-4-32-24(31)18-7-5-11-27(14-18)21(28)15-26(3)23(30)17-10-9-16(2)19(13-17)25-22(29)20-8-6-12-33-20/h6,8-10,12-13,18H,4-5,7,11,14-15H2,1-3H3,(H,25,29). The third-order valence-corrected chi connectivity index (χ3v) is 5.59. The first-order chi connectivity index (χ1) is 15.8. The summed E-state index contributed by atoms with van der Waals surface area (Å²) in [6.07, 6.45) is 2.81. The molecule has 1 N–H and O–H groups in total. The Morgan fingerprint density at radius 1 is 1.24 bits per heavy atom. The molecule has 0 bridgehead atoms. The van der Waals surface area contributed by atoms with Crippen LogP contribution in [-0.4, -0.2) is 66.8 Å². The number of rotatable bonds is 7. The lowest BCUT2D eigenvalue weighted by atomic mass is 9.98. The monoisotopic (exact) mass is 455 g/mol. The lowest BCUT2D eigenvalue weighted by molar-refractivity contribution is -0.151. The molecule has 1 aromatic carbocycles. The molecule has 1 atom stereocenters. The predicted octanol–water partition coefficient (Wildman–Crippen LogP) is 2.71. The van der Waals surface area contributed by atoms with Crippen LogP contribution in [0.2, 0.25) is 0 Å². The average Bonchev–Trinajstić information content (AvgIpc) is 3.35. The Balaban J connectivity index is 1.63. The number of carbonyl (C=O) groups excluding carboxylic acids is 4. The maximum absolute atomic E-state index is 12.9. The third kappa shape index (κ3) is 6.00. The number of likely N-dealkylation sites (N-methyl/N-ethyl adjacent to an activating group) is 1. The van der Waals surface area contributed by atoms with Crippen LogP contribution in [-0.2, 0) is 14.3 Å². The molecule has 2 heterocycles. The molecule has 1 fully saturated rings. The molecule has 0 spiro atoms. The molecule has 0 saturated carbocycles. The van der Waals surface area contributed by atoms with Gasteiger partial charge in [-0.1, -0.05) is 6.07 Å². The first kappa shape index (κ1) is 24.0. The molecule has 176 valence electrons. The summed E-state index contributed by atoms with van der Waals surface area (Å²) in [6.45, 7) is 4.60. The highest BCUT2D eigenvalue weighted by atomic mass is 16.5. The van der Waals surface area contributed by atoms with Gasteiger partial charge >= 0.3 is 5.97 Å². The molecule has 1 aromatic heterocycles. The van der Waals surface area contributed by atoms with E-state index in [2.05, 4.69) is 5.32 Å². The Kier molecular flexibility index (Phi) is 7.87. The summed E-state index contributed by atoms with van der Waals surface area (Å²) in [5, 5.41) is 2.74. The second-order valence-electron chi connectivity index (χ2n) is 8.05. The van der Waals surface area contributed by atoms with Crippen molar-refractivity contribution < 1.29 is 28.3 Å². The SMILES string of the molecule is CCOC(=O)C1CCCN(C(=O)CN(C)C(=O)c2ccc(C)c(NC(=O)c3ccco3)c2)C1. The zero-order valence-corrected chi connectivity index (χ0v) is 19.1. The van der Waals surface area contributed by atoms with E-state index in [4.69, 9.17) is 9.15 Å². The van der Waals surface area contributed by atoms with Gasteiger partial charge in [0.25, 0.3) is 11.8 Å². The van der Waals surface area contributed by atoms with Crippen molar-refractivity contribution in [2.24, 2.45) is 5.92 Å². The number of ether oxygens (including phenoxy) is 1. The Morgan fingerprint density at radius 3 is 2.73 bits per heavy atom. The van der Waals surface area contributed by atoms with E-state index in [-0.39, 0.29) is 36.0 Å². The number of benzene rings is 1. The van der Waals surface area contributed by atoms with E-state index in [0.717, 1.165) is 5.56 Å². The maximum Gasteiger partial charge on any atom is 0.310 e. The molecular weight excluding hydrogens is 426 g/mol. The number of aryl methyl sites for hydroxylation is 1. The minimum atomic E-state index is -0.419. The van der Waals surface area contributed by atoms with Crippen molar-refractivity contribution in [1.82, 2.24) is 9.80 Å². The van der Waals surface area contributed by atoms with Crippen molar-refractivity contribution in [3.8, 4) is 0 Å². The smallest absolute Gasteiger partial charge is 0.310 e. The molecule has 1 aliphatic rings. The quantitative estimate of drug-likeness (QED) is 0.643. The van der Waals surface area contributed by atoms with Crippen molar-refractivity contribution >= 4 is 29.4 Å². The van der Waals surface area contributed by atoms with Gasteiger partial charge in [0.2, 0.25) is 5.91 Å². The highest BCUT2D eigenvalue weighted by Crippen LogP contribution is 2.21. The van der Waals surface area contributed by atoms with Crippen LogP contribution in [0, 0.1) is 12.8 Å². The lowest BCUT2D eigenvalue weighted by Gasteiger charge is -2.32. The minimum absolute atomic E-state index is 0.115. The molecular formula is C24H29N3O6. The summed E-state index contributed by atoms with van der Waals surface area (Å²) >= 11 is 0. The van der Waals surface area contributed by atoms with E-state index in [9.17, 15) is 19.2 Å². The molecule has 3 rings (SSSR count). The fourth-order valence-electron chi connectivity index (χ4n) is 3.73. The lowest BCUT2D eigenvalue weighted by Crippen LogP contribution is -2.47. The number of nitrogens with one attached hydrogen (secondary N) is 1. The highest BCUT2D eigenvalue weighted by molar-refractivity contribution is 6.04. The average molecular weight is 456 g/mol. The van der Waals surface area contributed by atoms with Crippen molar-refractivity contribution in [3.63, 3.8) is 0 Å². The van der Waals surface area contributed by atoms with Gasteiger partial charge in [0.15, 0.2) is 5.76 Å². The summed E-state index contributed by atoms with van der Waals surface area (Å²) in [5.74, 6) is -1.45. The topological polar surface area (TPSA) is 109 Å². The van der Waals surface area contributed by atoms with Crippen molar-refractivity contribution in [2.45, 2.75) is 26.7 Å². The van der Waals surface area contributed by atoms with E-state index in [1.54, 1.807) is 49.2 Å². The van der Waals surface area contributed by atoms with E-state index in [1.807, 2.05) is 6.92 Å². The van der Waals surface area contributed by atoms with E-state index in [1.165, 1.54) is 11.2 Å². The summed E-state index contributed by atoms with van der Waals surface area (Å²) in [4.78, 5) is 53.0. The molecule has 33 heavy (non-hydrogen) atoms. The second kappa shape index (κ2) is 10.8. The summed E-state index contributed by atoms with van der Waals surface area (Å²) < 4.78 is 10.2. The molecule has 1 aliphatic heterocycles. The van der Waals surface area contributed by atoms with Crippen molar-refractivity contribution in [3.05, 3.63) is 53.5 Å². The van der Waals surface area contributed by atoms with Gasteiger partial charge in [-0.3, -0.25) is 19.2 Å². The second-order valence-corrected chi connectivity index (χ2v) is 8.05. The molecule has 9 nitrogen and oxygen atoms in total. The highest BCUT2D eigenvalue weighted by Gasteiger charge is 2.30. The van der Waals surface area contributed by atoms with Crippen LogP contribution >= 0.6 is 0 Å². The zero-order chi connectivity index (χ0) is 24.0. The molecule has 0 radical (unpaired) electrons. The number of nitrogens with zero attached hydrogens (tertiary/aromatic N) is 2. The van der Waals surface area contributed by atoms with Crippen molar-refractivity contribution in [1.29, 1.82) is 0 Å². The van der Waals surface area contributed by atoms with Gasteiger partial charge in [0.1, 0.15) is 0 Å². The summed E-state index contributed by atoms with van der Waals surface area (Å²) in [6, 6.07) is 8.13. The van der Waals surface area contributed by atoms with Gasteiger partial charge in [-0.15, -0.1) is 0 Å². The number of furan rings is 1. The van der Waals surface area contributed by atoms with Gasteiger partial charge in [0, 0.05) is 31.4 Å². The van der Waals surface area contributed by atoms with Gasteiger partial charge in [-0.05, 0) is 56.5 Å². The van der Waals surface area contributed by atoms with Gasteiger partial charge in [0.05, 0.1) is 25.3 Å². The Hall–Kier alpha value is -3.62. The maximum atomic E-state index is 12.9. The molecule has 3 amide bonds. The number of hydrogen-bond acceptors (Lipinski definition) is 6. The predicted molar refractivity (Wildman–Crippen MR) is 121 cm³/mol. The number of esters is 1. The molecule has 1 saturated heterocycles. The molecule has 0 aliphatic carbocycles. The van der Waals surface area contributed by atoms with E-state index < -0.39 is 5.91 Å². The van der Waals surface area contributed by atoms with Gasteiger partial charge in [-0.25, -0.2) is 0 Å². The first-order valence-electron chi connectivity index (χ1n) is 11.0. The number of carbonyl (C=O) groups is 4. The van der Waals surface area contributed by atoms with Gasteiger partial charge in [-0.2, -0.15) is 0 Å². The number of likely N-dealkylation sites (tertiary alicyclic amines) is 1.